The number of hydrogen-bond donors (Lipinski definition) is 1. The van der Waals surface area contributed by atoms with Gasteiger partial charge < -0.3 is 29.3 Å². The van der Waals surface area contributed by atoms with Gasteiger partial charge in [0, 0.05) is 39.3 Å². The van der Waals surface area contributed by atoms with Gasteiger partial charge in [-0.3, -0.25) is 9.59 Å². The molecule has 2 aromatic rings. The molecule has 3 aliphatic rings. The Labute approximate surface area is 219 Å². The van der Waals surface area contributed by atoms with Crippen molar-refractivity contribution in [2.75, 3.05) is 44.8 Å². The summed E-state index contributed by atoms with van der Waals surface area (Å²) in [5.74, 6) is -1.22. The fourth-order valence-corrected chi connectivity index (χ4v) is 5.63. The molecule has 0 bridgehead atoms. The monoisotopic (exact) mass is 530 g/mol. The second-order valence-electron chi connectivity index (χ2n) is 9.48. The van der Waals surface area contributed by atoms with E-state index in [9.17, 15) is 19.1 Å². The highest BCUT2D eigenvalue weighted by Crippen LogP contribution is 2.46. The standard InChI is InChI=1S/C26H28ClFN4O5/c1-4-19(34)30-8-9-31-15(11-30)13-37-24-21(26(31)35)25(32-12-16(36-3)10-14(32)2)29-23(22(24)27)20-17(28)6-5-7-18(20)33/h4-7,14-16,33H,1,8-13H2,2-3H3/t14-,15+,16+/m0/s1. The number of benzene rings is 1. The van der Waals surface area contributed by atoms with E-state index in [1.807, 2.05) is 11.8 Å². The highest BCUT2D eigenvalue weighted by Gasteiger charge is 2.42. The highest BCUT2D eigenvalue weighted by atomic mass is 35.5. The summed E-state index contributed by atoms with van der Waals surface area (Å²) in [6, 6.07) is 3.47. The number of aromatic nitrogens is 1. The van der Waals surface area contributed by atoms with Gasteiger partial charge in [0.15, 0.2) is 5.75 Å². The summed E-state index contributed by atoms with van der Waals surface area (Å²) < 4.78 is 26.7. The Morgan fingerprint density at radius 2 is 2.08 bits per heavy atom. The molecule has 0 spiro atoms. The third kappa shape index (κ3) is 4.27. The number of hydrogen-bond acceptors (Lipinski definition) is 7. The van der Waals surface area contributed by atoms with Gasteiger partial charge in [0.2, 0.25) is 5.91 Å². The second-order valence-corrected chi connectivity index (χ2v) is 9.86. The average Bonchev–Trinajstić information content (AvgIpc) is 3.20. The predicted molar refractivity (Wildman–Crippen MR) is 136 cm³/mol. The minimum Gasteiger partial charge on any atom is -0.507 e. The van der Waals surface area contributed by atoms with E-state index in [2.05, 4.69) is 6.58 Å². The molecule has 3 atom stereocenters. The summed E-state index contributed by atoms with van der Waals surface area (Å²) in [5.41, 5.74) is -0.0122. The highest BCUT2D eigenvalue weighted by molar-refractivity contribution is 6.35. The number of fused-ring (bicyclic) bond motifs is 2. The fraction of sp³-hybridized carbons (Fsp3) is 0.423. The van der Waals surface area contributed by atoms with E-state index in [0.717, 1.165) is 0 Å². The minimum absolute atomic E-state index is 0.0183. The molecule has 2 saturated heterocycles. The molecular formula is C26H28ClFN4O5. The molecule has 1 aromatic heterocycles. The topological polar surface area (TPSA) is 95.4 Å². The number of aromatic hydroxyl groups is 1. The number of ether oxygens (including phenoxy) is 2. The van der Waals surface area contributed by atoms with Crippen LogP contribution in [-0.4, -0.2) is 89.8 Å². The first kappa shape index (κ1) is 25.3. The Bertz CT molecular complexity index is 1250. The lowest BCUT2D eigenvalue weighted by atomic mass is 10.0. The van der Waals surface area contributed by atoms with Crippen molar-refractivity contribution in [3.05, 3.63) is 47.3 Å². The van der Waals surface area contributed by atoms with Crippen LogP contribution in [-0.2, 0) is 9.53 Å². The maximum Gasteiger partial charge on any atom is 0.261 e. The number of rotatable bonds is 4. The number of phenols is 1. The summed E-state index contributed by atoms with van der Waals surface area (Å²) in [6.07, 6.45) is 1.86. The van der Waals surface area contributed by atoms with Crippen molar-refractivity contribution in [3.63, 3.8) is 0 Å². The van der Waals surface area contributed by atoms with Gasteiger partial charge in [-0.25, -0.2) is 9.37 Å². The van der Waals surface area contributed by atoms with Gasteiger partial charge in [-0.1, -0.05) is 24.2 Å². The van der Waals surface area contributed by atoms with Crippen LogP contribution in [0.15, 0.2) is 30.9 Å². The van der Waals surface area contributed by atoms with Crippen molar-refractivity contribution in [1.29, 1.82) is 0 Å². The number of amides is 2. The zero-order chi connectivity index (χ0) is 26.4. The number of methoxy groups -OCH3 is 1. The van der Waals surface area contributed by atoms with Gasteiger partial charge in [-0.05, 0) is 31.6 Å². The van der Waals surface area contributed by atoms with Crippen LogP contribution in [0, 0.1) is 5.82 Å². The number of anilines is 1. The molecule has 5 rings (SSSR count). The third-order valence-corrected chi connectivity index (χ3v) is 7.66. The average molecular weight is 531 g/mol. The van der Waals surface area contributed by atoms with E-state index in [0.29, 0.717) is 31.9 Å². The lowest BCUT2D eigenvalue weighted by molar-refractivity contribution is -0.128. The fourth-order valence-electron chi connectivity index (χ4n) is 5.34. The van der Waals surface area contributed by atoms with Crippen LogP contribution in [0.5, 0.6) is 11.5 Å². The molecule has 0 radical (unpaired) electrons. The lowest BCUT2D eigenvalue weighted by Gasteiger charge is -2.39. The lowest BCUT2D eigenvalue weighted by Crippen LogP contribution is -2.57. The molecule has 4 heterocycles. The van der Waals surface area contributed by atoms with Crippen molar-refractivity contribution in [2.45, 2.75) is 31.5 Å². The zero-order valence-electron chi connectivity index (χ0n) is 20.6. The first-order valence-electron chi connectivity index (χ1n) is 12.1. The Balaban J connectivity index is 1.67. The van der Waals surface area contributed by atoms with E-state index < -0.39 is 11.9 Å². The van der Waals surface area contributed by atoms with Gasteiger partial charge in [0.25, 0.3) is 5.91 Å². The van der Waals surface area contributed by atoms with Crippen molar-refractivity contribution >= 4 is 29.2 Å². The van der Waals surface area contributed by atoms with Crippen molar-refractivity contribution < 1.29 is 28.6 Å². The van der Waals surface area contributed by atoms with Gasteiger partial charge in [-0.2, -0.15) is 0 Å². The summed E-state index contributed by atoms with van der Waals surface area (Å²) in [5, 5.41) is 10.4. The normalized spacial score (nSPS) is 23.3. The Morgan fingerprint density at radius 3 is 2.76 bits per heavy atom. The molecule has 3 aliphatic heterocycles. The maximum absolute atomic E-state index is 14.9. The van der Waals surface area contributed by atoms with Crippen molar-refractivity contribution in [2.24, 2.45) is 0 Å². The van der Waals surface area contributed by atoms with Gasteiger partial charge in [0.05, 0.1) is 17.7 Å². The molecule has 196 valence electrons. The number of piperazine rings is 1. The van der Waals surface area contributed by atoms with Crippen LogP contribution < -0.4 is 9.64 Å². The summed E-state index contributed by atoms with van der Waals surface area (Å²) >= 11 is 6.76. The minimum atomic E-state index is -0.708. The SMILES string of the molecule is C=CC(=O)N1CCN2C(=O)c3c(N4C[C@H](OC)C[C@@H]4C)nc(-c4c(O)cccc4F)c(Cl)c3OC[C@H]2C1. The van der Waals surface area contributed by atoms with E-state index in [-0.39, 0.29) is 70.5 Å². The summed E-state index contributed by atoms with van der Waals surface area (Å²) in [7, 11) is 1.63. The molecule has 0 saturated carbocycles. The van der Waals surface area contributed by atoms with E-state index in [1.165, 1.54) is 24.3 Å². The summed E-state index contributed by atoms with van der Waals surface area (Å²) in [4.78, 5) is 36.2. The van der Waals surface area contributed by atoms with Gasteiger partial charge in [0.1, 0.15) is 40.3 Å². The third-order valence-electron chi connectivity index (χ3n) is 7.31. The van der Waals surface area contributed by atoms with E-state index >= 15 is 0 Å². The molecule has 9 nitrogen and oxygen atoms in total. The number of phenolic OH excluding ortho intramolecular Hbond substituents is 1. The Hall–Kier alpha value is -3.37. The summed E-state index contributed by atoms with van der Waals surface area (Å²) in [6.45, 7) is 7.00. The van der Waals surface area contributed by atoms with E-state index in [1.54, 1.807) is 16.9 Å². The van der Waals surface area contributed by atoms with Gasteiger partial charge >= 0.3 is 0 Å². The molecular weight excluding hydrogens is 503 g/mol. The number of carbonyl (C=O) groups is 2. The predicted octanol–water partition coefficient (Wildman–Crippen LogP) is 3.09. The van der Waals surface area contributed by atoms with Crippen molar-refractivity contribution in [1.82, 2.24) is 14.8 Å². The Morgan fingerprint density at radius 1 is 1.30 bits per heavy atom. The quantitative estimate of drug-likeness (QED) is 0.607. The van der Waals surface area contributed by atoms with Crippen LogP contribution in [0.1, 0.15) is 23.7 Å². The molecule has 2 amide bonds. The molecule has 2 fully saturated rings. The number of nitrogens with zero attached hydrogens (tertiary/aromatic N) is 4. The van der Waals surface area contributed by atoms with Crippen LogP contribution in [0.3, 0.4) is 0 Å². The molecule has 37 heavy (non-hydrogen) atoms. The maximum atomic E-state index is 14.9. The van der Waals surface area contributed by atoms with Crippen LogP contribution in [0.4, 0.5) is 10.2 Å². The van der Waals surface area contributed by atoms with Crippen molar-refractivity contribution in [3.8, 4) is 22.8 Å². The molecule has 0 aliphatic carbocycles. The number of halogens is 2. The molecule has 1 aromatic carbocycles. The van der Waals surface area contributed by atoms with E-state index in [4.69, 9.17) is 26.1 Å². The zero-order valence-corrected chi connectivity index (χ0v) is 21.4. The number of carbonyl (C=O) groups excluding carboxylic acids is 2. The first-order valence-corrected chi connectivity index (χ1v) is 12.5. The van der Waals surface area contributed by atoms with Crippen LogP contribution in [0.25, 0.3) is 11.3 Å². The second kappa shape index (κ2) is 9.83. The first-order chi connectivity index (χ1) is 17.7. The van der Waals surface area contributed by atoms with Gasteiger partial charge in [-0.15, -0.1) is 0 Å². The smallest absolute Gasteiger partial charge is 0.261 e. The van der Waals surface area contributed by atoms with Crippen LogP contribution >= 0.6 is 11.6 Å². The molecule has 1 N–H and O–H groups in total. The molecule has 11 heteroatoms. The molecule has 0 unspecified atom stereocenters. The largest absolute Gasteiger partial charge is 0.507 e. The number of pyridine rings is 1. The Kier molecular flexibility index (Phi) is 6.72. The van der Waals surface area contributed by atoms with Crippen LogP contribution in [0.2, 0.25) is 5.02 Å².